The number of nitrogens with zero attached hydrogens (tertiary/aromatic N) is 3. The van der Waals surface area contributed by atoms with E-state index in [0.29, 0.717) is 28.3 Å². The predicted octanol–water partition coefficient (Wildman–Crippen LogP) is 2.69. The number of aromatic nitrogens is 4. The molecular weight excluding hydrogens is 307 g/mol. The molecule has 1 N–H and O–H groups in total. The molecule has 0 saturated carbocycles. The van der Waals surface area contributed by atoms with Gasteiger partial charge >= 0.3 is 5.97 Å². The van der Waals surface area contributed by atoms with E-state index < -0.39 is 5.25 Å². The van der Waals surface area contributed by atoms with Gasteiger partial charge in [-0.25, -0.2) is 9.37 Å². The van der Waals surface area contributed by atoms with Crippen molar-refractivity contribution in [3.63, 3.8) is 0 Å². The Labute approximate surface area is 129 Å². The summed E-state index contributed by atoms with van der Waals surface area (Å²) in [5.41, 5.74) is 1.75. The second-order valence-corrected chi connectivity index (χ2v) is 5.93. The molecule has 0 bridgehead atoms. The summed E-state index contributed by atoms with van der Waals surface area (Å²) in [7, 11) is 0. The van der Waals surface area contributed by atoms with Crippen LogP contribution in [0.3, 0.4) is 0 Å². The van der Waals surface area contributed by atoms with Crippen LogP contribution in [0.25, 0.3) is 22.1 Å². The highest BCUT2D eigenvalue weighted by Crippen LogP contribution is 2.25. The van der Waals surface area contributed by atoms with Crippen LogP contribution in [0, 0.1) is 5.82 Å². The SMILES string of the molecule is CCOC(=O)[C@H](C)Sc1nnc2c(n1)[nH]c1ccc(F)cc12. The van der Waals surface area contributed by atoms with Crippen LogP contribution in [-0.4, -0.2) is 38.0 Å². The van der Waals surface area contributed by atoms with Crippen molar-refractivity contribution in [3.8, 4) is 0 Å². The van der Waals surface area contributed by atoms with Crippen LogP contribution in [0.1, 0.15) is 13.8 Å². The van der Waals surface area contributed by atoms with Gasteiger partial charge < -0.3 is 9.72 Å². The number of ether oxygens (including phenoxy) is 1. The van der Waals surface area contributed by atoms with E-state index in [4.69, 9.17) is 4.74 Å². The van der Waals surface area contributed by atoms with E-state index in [2.05, 4.69) is 20.2 Å². The molecule has 0 aliphatic carbocycles. The minimum Gasteiger partial charge on any atom is -0.465 e. The number of fused-ring (bicyclic) bond motifs is 3. The largest absolute Gasteiger partial charge is 0.465 e. The molecule has 3 rings (SSSR count). The fourth-order valence-electron chi connectivity index (χ4n) is 2.04. The van der Waals surface area contributed by atoms with Gasteiger partial charge in [-0.05, 0) is 32.0 Å². The Morgan fingerprint density at radius 1 is 1.45 bits per heavy atom. The van der Waals surface area contributed by atoms with Gasteiger partial charge in [0.05, 0.1) is 6.61 Å². The first kappa shape index (κ1) is 14.7. The third-order valence-corrected chi connectivity index (χ3v) is 3.99. The van der Waals surface area contributed by atoms with E-state index in [-0.39, 0.29) is 11.8 Å². The molecule has 0 aliphatic rings. The minimum absolute atomic E-state index is 0.324. The van der Waals surface area contributed by atoms with Crippen LogP contribution in [0.2, 0.25) is 0 Å². The molecule has 0 aliphatic heterocycles. The summed E-state index contributed by atoms with van der Waals surface area (Å²) in [6.45, 7) is 3.80. The average Bonchev–Trinajstić information content (AvgIpc) is 2.84. The first-order chi connectivity index (χ1) is 10.6. The van der Waals surface area contributed by atoms with Crippen molar-refractivity contribution in [1.29, 1.82) is 0 Å². The van der Waals surface area contributed by atoms with Crippen LogP contribution in [-0.2, 0) is 9.53 Å². The summed E-state index contributed by atoms with van der Waals surface area (Å²) in [6.07, 6.45) is 0. The van der Waals surface area contributed by atoms with Gasteiger partial charge in [-0.1, -0.05) is 11.8 Å². The minimum atomic E-state index is -0.430. The third-order valence-electron chi connectivity index (χ3n) is 3.06. The Kier molecular flexibility index (Phi) is 3.93. The van der Waals surface area contributed by atoms with Gasteiger partial charge in [-0.15, -0.1) is 10.2 Å². The smallest absolute Gasteiger partial charge is 0.319 e. The maximum Gasteiger partial charge on any atom is 0.319 e. The lowest BCUT2D eigenvalue weighted by molar-refractivity contribution is -0.142. The highest BCUT2D eigenvalue weighted by Gasteiger charge is 2.18. The van der Waals surface area contributed by atoms with Gasteiger partial charge in [0.2, 0.25) is 5.16 Å². The van der Waals surface area contributed by atoms with Crippen LogP contribution in [0.4, 0.5) is 4.39 Å². The number of aromatic amines is 1. The summed E-state index contributed by atoms with van der Waals surface area (Å²) in [6, 6.07) is 4.38. The molecule has 22 heavy (non-hydrogen) atoms. The number of hydrogen-bond acceptors (Lipinski definition) is 6. The molecule has 0 radical (unpaired) electrons. The number of nitrogens with one attached hydrogen (secondary N) is 1. The van der Waals surface area contributed by atoms with E-state index >= 15 is 0 Å². The molecule has 1 aromatic carbocycles. The summed E-state index contributed by atoms with van der Waals surface area (Å²) in [5.74, 6) is -0.667. The van der Waals surface area contributed by atoms with Crippen molar-refractivity contribution in [2.24, 2.45) is 0 Å². The molecule has 0 fully saturated rings. The van der Waals surface area contributed by atoms with Crippen LogP contribution in [0.5, 0.6) is 0 Å². The third kappa shape index (κ3) is 2.74. The van der Waals surface area contributed by atoms with Crippen LogP contribution in [0.15, 0.2) is 23.4 Å². The monoisotopic (exact) mass is 320 g/mol. The number of carbonyl (C=O) groups is 1. The fourth-order valence-corrected chi connectivity index (χ4v) is 2.76. The van der Waals surface area contributed by atoms with Crippen molar-refractivity contribution < 1.29 is 13.9 Å². The van der Waals surface area contributed by atoms with Crippen LogP contribution < -0.4 is 0 Å². The number of carbonyl (C=O) groups excluding carboxylic acids is 1. The van der Waals surface area contributed by atoms with Gasteiger partial charge in [0, 0.05) is 10.9 Å². The summed E-state index contributed by atoms with van der Waals surface area (Å²) < 4.78 is 18.3. The normalized spacial score (nSPS) is 12.7. The van der Waals surface area contributed by atoms with Gasteiger partial charge in [0.25, 0.3) is 0 Å². The highest BCUT2D eigenvalue weighted by molar-refractivity contribution is 8.00. The molecule has 3 aromatic rings. The number of benzene rings is 1. The first-order valence-corrected chi connectivity index (χ1v) is 7.61. The predicted molar refractivity (Wildman–Crippen MR) is 81.1 cm³/mol. The lowest BCUT2D eigenvalue weighted by Crippen LogP contribution is -2.17. The lowest BCUT2D eigenvalue weighted by atomic mass is 10.2. The number of thioether (sulfide) groups is 1. The molecule has 6 nitrogen and oxygen atoms in total. The van der Waals surface area contributed by atoms with Gasteiger partial charge in [-0.2, -0.15) is 0 Å². The molecule has 0 amide bonds. The molecule has 2 aromatic heterocycles. The Morgan fingerprint density at radius 2 is 2.27 bits per heavy atom. The lowest BCUT2D eigenvalue weighted by Gasteiger charge is -2.08. The second kappa shape index (κ2) is 5.88. The van der Waals surface area contributed by atoms with E-state index in [1.807, 2.05) is 0 Å². The summed E-state index contributed by atoms with van der Waals surface area (Å²) in [5, 5.41) is 8.64. The fraction of sp³-hybridized carbons (Fsp3) is 0.286. The number of rotatable bonds is 4. The van der Waals surface area contributed by atoms with E-state index in [9.17, 15) is 9.18 Å². The molecule has 0 spiro atoms. The Bertz CT molecular complexity index is 851. The quantitative estimate of drug-likeness (QED) is 0.588. The molecule has 114 valence electrons. The maximum absolute atomic E-state index is 13.3. The molecule has 2 heterocycles. The number of H-pyrrole nitrogens is 1. The maximum atomic E-state index is 13.3. The van der Waals surface area contributed by atoms with E-state index in [1.165, 1.54) is 23.9 Å². The molecule has 1 atom stereocenters. The molecule has 0 saturated heterocycles. The van der Waals surface area contributed by atoms with Gasteiger partial charge in [0.15, 0.2) is 5.65 Å². The van der Waals surface area contributed by atoms with Gasteiger partial charge in [-0.3, -0.25) is 4.79 Å². The zero-order chi connectivity index (χ0) is 15.7. The van der Waals surface area contributed by atoms with Crippen molar-refractivity contribution in [2.45, 2.75) is 24.3 Å². The summed E-state index contributed by atoms with van der Waals surface area (Å²) >= 11 is 1.17. The second-order valence-electron chi connectivity index (χ2n) is 4.62. The molecular formula is C14H13FN4O2S. The molecule has 8 heteroatoms. The van der Waals surface area contributed by atoms with E-state index in [0.717, 1.165) is 5.52 Å². The topological polar surface area (TPSA) is 80.8 Å². The number of esters is 1. The Hall–Kier alpha value is -2.22. The van der Waals surface area contributed by atoms with Crippen molar-refractivity contribution in [2.75, 3.05) is 6.61 Å². The number of hydrogen-bond donors (Lipinski definition) is 1. The summed E-state index contributed by atoms with van der Waals surface area (Å²) in [4.78, 5) is 19.0. The van der Waals surface area contributed by atoms with Crippen molar-refractivity contribution in [1.82, 2.24) is 20.2 Å². The Morgan fingerprint density at radius 3 is 3.05 bits per heavy atom. The zero-order valence-electron chi connectivity index (χ0n) is 12.0. The van der Waals surface area contributed by atoms with Crippen molar-refractivity contribution >= 4 is 39.8 Å². The average molecular weight is 320 g/mol. The highest BCUT2D eigenvalue weighted by atomic mass is 32.2. The van der Waals surface area contributed by atoms with Gasteiger partial charge in [0.1, 0.15) is 16.6 Å². The number of halogens is 1. The van der Waals surface area contributed by atoms with E-state index in [1.54, 1.807) is 19.9 Å². The van der Waals surface area contributed by atoms with Crippen molar-refractivity contribution in [3.05, 3.63) is 24.0 Å². The molecule has 0 unspecified atom stereocenters. The first-order valence-electron chi connectivity index (χ1n) is 6.73. The Balaban J connectivity index is 1.93. The standard InChI is InChI=1S/C14H13FN4O2S/c1-3-21-13(20)7(2)22-14-17-12-11(18-19-14)9-6-8(15)4-5-10(9)16-12/h4-7H,3H2,1-2H3,(H,16,17,19)/t7-/m0/s1. The van der Waals surface area contributed by atoms with Crippen LogP contribution >= 0.6 is 11.8 Å². The zero-order valence-corrected chi connectivity index (χ0v) is 12.8.